The molecule has 1 N–H and O–H groups in total. The van der Waals surface area contributed by atoms with Gasteiger partial charge in [0.15, 0.2) is 0 Å². The van der Waals surface area contributed by atoms with Crippen LogP contribution in [0.25, 0.3) is 0 Å². The van der Waals surface area contributed by atoms with E-state index < -0.39 is 0 Å². The van der Waals surface area contributed by atoms with Crippen LogP contribution in [-0.4, -0.2) is 4.98 Å². The van der Waals surface area contributed by atoms with E-state index in [2.05, 4.69) is 42.2 Å². The first-order chi connectivity index (χ1) is 8.06. The van der Waals surface area contributed by atoms with Crippen molar-refractivity contribution < 1.29 is 4.39 Å². The van der Waals surface area contributed by atoms with Crippen molar-refractivity contribution in [3.05, 3.63) is 50.2 Å². The molecular formula is C11H6Br2ClFN2. The fourth-order valence-corrected chi connectivity index (χ4v) is 2.35. The summed E-state index contributed by atoms with van der Waals surface area (Å²) in [5.41, 5.74) is 0.697. The summed E-state index contributed by atoms with van der Waals surface area (Å²) in [5.74, 6) is 0.208. The normalized spacial score (nSPS) is 10.4. The van der Waals surface area contributed by atoms with E-state index >= 15 is 0 Å². The molecule has 2 nitrogen and oxygen atoms in total. The van der Waals surface area contributed by atoms with Crippen molar-refractivity contribution in [1.82, 2.24) is 4.98 Å². The molecule has 0 bridgehead atoms. The van der Waals surface area contributed by atoms with Crippen LogP contribution < -0.4 is 5.32 Å². The molecule has 17 heavy (non-hydrogen) atoms. The van der Waals surface area contributed by atoms with Crippen molar-refractivity contribution in [1.29, 1.82) is 0 Å². The summed E-state index contributed by atoms with van der Waals surface area (Å²) in [6, 6.07) is 6.07. The second-order valence-corrected chi connectivity index (χ2v) is 5.41. The Morgan fingerprint density at radius 3 is 2.65 bits per heavy atom. The molecule has 0 fully saturated rings. The SMILES string of the molecule is Fc1ccc(Nc2ncc(Br)cc2Cl)c(Br)c1. The lowest BCUT2D eigenvalue weighted by Gasteiger charge is -2.09. The average Bonchev–Trinajstić information content (AvgIpc) is 2.25. The monoisotopic (exact) mass is 378 g/mol. The maximum absolute atomic E-state index is 12.9. The number of anilines is 2. The van der Waals surface area contributed by atoms with Gasteiger partial charge >= 0.3 is 0 Å². The van der Waals surface area contributed by atoms with Gasteiger partial charge in [0.25, 0.3) is 0 Å². The summed E-state index contributed by atoms with van der Waals surface area (Å²) in [7, 11) is 0. The predicted molar refractivity (Wildman–Crippen MR) is 74.3 cm³/mol. The number of hydrogen-bond donors (Lipinski definition) is 1. The number of pyridine rings is 1. The van der Waals surface area contributed by atoms with E-state index in [1.54, 1.807) is 18.3 Å². The largest absolute Gasteiger partial charge is 0.338 e. The van der Waals surface area contributed by atoms with Crippen molar-refractivity contribution in [3.8, 4) is 0 Å². The number of nitrogens with zero attached hydrogens (tertiary/aromatic N) is 1. The molecule has 2 aromatic rings. The lowest BCUT2D eigenvalue weighted by atomic mass is 10.3. The molecule has 0 saturated carbocycles. The first-order valence-electron chi connectivity index (χ1n) is 4.59. The van der Waals surface area contributed by atoms with Crippen molar-refractivity contribution in [2.45, 2.75) is 0 Å². The van der Waals surface area contributed by atoms with Crippen LogP contribution in [-0.2, 0) is 0 Å². The van der Waals surface area contributed by atoms with E-state index in [1.807, 2.05) is 0 Å². The third-order valence-corrected chi connectivity index (χ3v) is 3.37. The summed E-state index contributed by atoms with van der Waals surface area (Å²) in [6.45, 7) is 0. The highest BCUT2D eigenvalue weighted by atomic mass is 79.9. The number of aromatic nitrogens is 1. The van der Waals surface area contributed by atoms with E-state index in [0.29, 0.717) is 21.0 Å². The van der Waals surface area contributed by atoms with Gasteiger partial charge in [0.2, 0.25) is 0 Å². The predicted octanol–water partition coefficient (Wildman–Crippen LogP) is 5.14. The minimum atomic E-state index is -0.308. The van der Waals surface area contributed by atoms with E-state index in [1.165, 1.54) is 12.1 Å². The first-order valence-corrected chi connectivity index (χ1v) is 6.56. The van der Waals surface area contributed by atoms with Gasteiger partial charge < -0.3 is 5.32 Å². The summed E-state index contributed by atoms with van der Waals surface area (Å²) in [4.78, 5) is 4.13. The quantitative estimate of drug-likeness (QED) is 0.780. The zero-order valence-electron chi connectivity index (χ0n) is 8.35. The van der Waals surface area contributed by atoms with E-state index in [9.17, 15) is 4.39 Å². The Bertz CT molecular complexity index is 514. The van der Waals surface area contributed by atoms with Crippen molar-refractivity contribution in [3.63, 3.8) is 0 Å². The highest BCUT2D eigenvalue weighted by molar-refractivity contribution is 9.10. The third kappa shape index (κ3) is 3.18. The van der Waals surface area contributed by atoms with Gasteiger partial charge in [0.1, 0.15) is 11.6 Å². The number of benzene rings is 1. The minimum absolute atomic E-state index is 0.308. The number of nitrogens with one attached hydrogen (secondary N) is 1. The molecule has 88 valence electrons. The fraction of sp³-hybridized carbons (Fsp3) is 0. The van der Waals surface area contributed by atoms with Crippen LogP contribution in [0.1, 0.15) is 0 Å². The van der Waals surface area contributed by atoms with Gasteiger partial charge in [0, 0.05) is 15.1 Å². The molecule has 0 aliphatic heterocycles. The lowest BCUT2D eigenvalue weighted by Crippen LogP contribution is -1.95. The second kappa shape index (κ2) is 5.33. The molecule has 0 amide bonds. The van der Waals surface area contributed by atoms with Gasteiger partial charge in [-0.1, -0.05) is 11.6 Å². The molecule has 0 aliphatic carbocycles. The maximum atomic E-state index is 12.9. The summed E-state index contributed by atoms with van der Waals surface area (Å²) >= 11 is 12.6. The summed E-state index contributed by atoms with van der Waals surface area (Å²) < 4.78 is 14.3. The van der Waals surface area contributed by atoms with Crippen LogP contribution in [0.5, 0.6) is 0 Å². The van der Waals surface area contributed by atoms with Gasteiger partial charge in [-0.3, -0.25) is 0 Å². The van der Waals surface area contributed by atoms with Gasteiger partial charge in [-0.25, -0.2) is 9.37 Å². The molecule has 0 atom stereocenters. The number of halogens is 4. The molecule has 0 unspecified atom stereocenters. The van der Waals surface area contributed by atoms with Crippen molar-refractivity contribution in [2.24, 2.45) is 0 Å². The molecule has 0 saturated heterocycles. The first kappa shape index (κ1) is 12.8. The Labute approximate surface area is 119 Å². The molecule has 6 heteroatoms. The summed E-state index contributed by atoms with van der Waals surface area (Å²) in [6.07, 6.45) is 1.63. The Hall–Kier alpha value is -0.650. The Balaban J connectivity index is 2.31. The van der Waals surface area contributed by atoms with E-state index in [4.69, 9.17) is 11.6 Å². The average molecular weight is 380 g/mol. The van der Waals surface area contributed by atoms with Crippen LogP contribution >= 0.6 is 43.5 Å². The number of rotatable bonds is 2. The van der Waals surface area contributed by atoms with Crippen LogP contribution in [0.15, 0.2) is 39.4 Å². The molecule has 0 radical (unpaired) electrons. The van der Waals surface area contributed by atoms with Crippen LogP contribution in [0.2, 0.25) is 5.02 Å². The van der Waals surface area contributed by atoms with Gasteiger partial charge in [0.05, 0.1) is 10.7 Å². The molecule has 1 heterocycles. The van der Waals surface area contributed by atoms with Crippen molar-refractivity contribution in [2.75, 3.05) is 5.32 Å². The molecule has 2 rings (SSSR count). The fourth-order valence-electron chi connectivity index (χ4n) is 1.22. The lowest BCUT2D eigenvalue weighted by molar-refractivity contribution is 0.627. The molecular weight excluding hydrogens is 374 g/mol. The zero-order valence-corrected chi connectivity index (χ0v) is 12.3. The number of hydrogen-bond acceptors (Lipinski definition) is 2. The Kier molecular flexibility index (Phi) is 4.01. The van der Waals surface area contributed by atoms with E-state index in [0.717, 1.165) is 4.47 Å². The topological polar surface area (TPSA) is 24.9 Å². The highest BCUT2D eigenvalue weighted by Gasteiger charge is 2.06. The van der Waals surface area contributed by atoms with Gasteiger partial charge in [-0.2, -0.15) is 0 Å². The standard InChI is InChI=1S/C11H6Br2ClFN2/c12-6-3-9(14)11(16-5-6)17-10-2-1-7(15)4-8(10)13/h1-5H,(H,16,17). The Morgan fingerprint density at radius 2 is 2.00 bits per heavy atom. The molecule has 0 spiro atoms. The molecule has 1 aromatic heterocycles. The smallest absolute Gasteiger partial charge is 0.149 e. The van der Waals surface area contributed by atoms with Gasteiger partial charge in [-0.05, 0) is 56.1 Å². The highest BCUT2D eigenvalue weighted by Crippen LogP contribution is 2.30. The molecule has 1 aromatic carbocycles. The third-order valence-electron chi connectivity index (χ3n) is 1.99. The van der Waals surface area contributed by atoms with Crippen LogP contribution in [0, 0.1) is 5.82 Å². The van der Waals surface area contributed by atoms with Gasteiger partial charge in [-0.15, -0.1) is 0 Å². The maximum Gasteiger partial charge on any atom is 0.149 e. The molecule has 0 aliphatic rings. The van der Waals surface area contributed by atoms with E-state index in [-0.39, 0.29) is 5.82 Å². The summed E-state index contributed by atoms with van der Waals surface area (Å²) in [5, 5.41) is 3.50. The second-order valence-electron chi connectivity index (χ2n) is 3.23. The van der Waals surface area contributed by atoms with Crippen LogP contribution in [0.3, 0.4) is 0 Å². The Morgan fingerprint density at radius 1 is 1.24 bits per heavy atom. The van der Waals surface area contributed by atoms with Crippen molar-refractivity contribution >= 4 is 55.0 Å². The van der Waals surface area contributed by atoms with Crippen LogP contribution in [0.4, 0.5) is 15.9 Å². The minimum Gasteiger partial charge on any atom is -0.338 e. The zero-order chi connectivity index (χ0) is 12.4.